The van der Waals surface area contributed by atoms with Crippen molar-refractivity contribution < 1.29 is 9.90 Å². The summed E-state index contributed by atoms with van der Waals surface area (Å²) < 4.78 is 0. The van der Waals surface area contributed by atoms with Crippen molar-refractivity contribution in [3.8, 4) is 0 Å². The molecule has 2 heterocycles. The topological polar surface area (TPSA) is 53.4 Å². The molecule has 0 radical (unpaired) electrons. The number of aliphatic hydroxyl groups is 1. The van der Waals surface area contributed by atoms with Crippen molar-refractivity contribution in [1.29, 1.82) is 0 Å². The average molecular weight is 387 g/mol. The van der Waals surface area contributed by atoms with Crippen molar-refractivity contribution in [1.82, 2.24) is 9.88 Å². The van der Waals surface area contributed by atoms with E-state index < -0.39 is 6.10 Å². The standard InChI is InChI=1S/C24H38N2O2/c1-20(2)12-7-5-3-4-6-8-14-22(27)18-24(28)26-17-10-9-15-23(26)21-13-11-16-25-19-21/h9,11,13,15-16,19-20,22-23,27H,3-8,10,12,14,17-18H2,1-2H3/t22-,23-/m0/s1. The molecule has 0 saturated heterocycles. The molecule has 1 aliphatic heterocycles. The summed E-state index contributed by atoms with van der Waals surface area (Å²) in [6.45, 7) is 5.27. The molecule has 1 aliphatic rings. The molecule has 156 valence electrons. The second kappa shape index (κ2) is 12.7. The van der Waals surface area contributed by atoms with Gasteiger partial charge in [0.15, 0.2) is 0 Å². The Morgan fingerprint density at radius 3 is 2.57 bits per heavy atom. The van der Waals surface area contributed by atoms with E-state index in [1.165, 1.54) is 32.1 Å². The number of pyridine rings is 1. The molecule has 2 rings (SSSR count). The first-order valence-electron chi connectivity index (χ1n) is 11.1. The van der Waals surface area contributed by atoms with Gasteiger partial charge in [-0.2, -0.15) is 0 Å². The minimum atomic E-state index is -0.533. The Hall–Kier alpha value is -1.68. The molecule has 0 fully saturated rings. The lowest BCUT2D eigenvalue weighted by Gasteiger charge is -2.33. The van der Waals surface area contributed by atoms with E-state index in [0.717, 1.165) is 37.2 Å². The van der Waals surface area contributed by atoms with Gasteiger partial charge >= 0.3 is 0 Å². The maximum atomic E-state index is 12.8. The first-order chi connectivity index (χ1) is 13.6. The quantitative estimate of drug-likeness (QED) is 0.384. The molecule has 0 aromatic carbocycles. The number of hydrogen-bond donors (Lipinski definition) is 1. The van der Waals surface area contributed by atoms with Gasteiger partial charge in [-0.3, -0.25) is 9.78 Å². The fraction of sp³-hybridized carbons (Fsp3) is 0.667. The molecule has 28 heavy (non-hydrogen) atoms. The van der Waals surface area contributed by atoms with Crippen molar-refractivity contribution in [3.63, 3.8) is 0 Å². The van der Waals surface area contributed by atoms with Crippen LogP contribution in [-0.2, 0) is 4.79 Å². The number of amides is 1. The van der Waals surface area contributed by atoms with Gasteiger partial charge in [0.05, 0.1) is 18.6 Å². The molecule has 4 heteroatoms. The van der Waals surface area contributed by atoms with Crippen molar-refractivity contribution in [3.05, 3.63) is 42.2 Å². The van der Waals surface area contributed by atoms with Crippen LogP contribution in [0.1, 0.15) is 89.7 Å². The monoisotopic (exact) mass is 386 g/mol. The van der Waals surface area contributed by atoms with E-state index in [0.29, 0.717) is 6.54 Å². The van der Waals surface area contributed by atoms with Crippen molar-refractivity contribution >= 4 is 5.91 Å². The fourth-order valence-electron chi connectivity index (χ4n) is 3.86. The SMILES string of the molecule is CC(C)CCCCCCCC[C@H](O)CC(=O)N1CCC=C[C@H]1c1cccnc1. The van der Waals surface area contributed by atoms with Gasteiger partial charge in [0, 0.05) is 18.9 Å². The molecule has 1 amide bonds. The van der Waals surface area contributed by atoms with E-state index in [4.69, 9.17) is 0 Å². The van der Waals surface area contributed by atoms with Crippen molar-refractivity contribution in [2.24, 2.45) is 5.92 Å². The highest BCUT2D eigenvalue weighted by Gasteiger charge is 2.26. The fourth-order valence-corrected chi connectivity index (χ4v) is 3.86. The Labute approximate surface area is 171 Å². The van der Waals surface area contributed by atoms with Crippen LogP contribution in [0, 0.1) is 5.92 Å². The zero-order valence-corrected chi connectivity index (χ0v) is 17.7. The van der Waals surface area contributed by atoms with E-state index in [2.05, 4.69) is 31.0 Å². The second-order valence-electron chi connectivity index (χ2n) is 8.49. The number of unbranched alkanes of at least 4 members (excludes halogenated alkanes) is 5. The summed E-state index contributed by atoms with van der Waals surface area (Å²) in [7, 11) is 0. The molecule has 0 aliphatic carbocycles. The number of aliphatic hydroxyl groups excluding tert-OH is 1. The summed E-state index contributed by atoms with van der Waals surface area (Å²) in [5, 5.41) is 10.3. The van der Waals surface area contributed by atoms with Crippen LogP contribution in [-0.4, -0.2) is 33.5 Å². The van der Waals surface area contributed by atoms with Gasteiger partial charge in [0.2, 0.25) is 5.91 Å². The summed E-state index contributed by atoms with van der Waals surface area (Å²) in [5.41, 5.74) is 1.03. The Morgan fingerprint density at radius 1 is 1.18 bits per heavy atom. The van der Waals surface area contributed by atoms with Crippen LogP contribution in [0.2, 0.25) is 0 Å². The Balaban J connectivity index is 1.66. The zero-order valence-electron chi connectivity index (χ0n) is 17.7. The van der Waals surface area contributed by atoms with Gasteiger partial charge in [-0.15, -0.1) is 0 Å². The smallest absolute Gasteiger partial charge is 0.225 e. The van der Waals surface area contributed by atoms with E-state index >= 15 is 0 Å². The van der Waals surface area contributed by atoms with Gasteiger partial charge in [-0.05, 0) is 30.4 Å². The predicted molar refractivity (Wildman–Crippen MR) is 115 cm³/mol. The minimum Gasteiger partial charge on any atom is -0.393 e. The molecule has 1 aromatic heterocycles. The number of carbonyl (C=O) groups is 1. The maximum absolute atomic E-state index is 12.8. The van der Waals surface area contributed by atoms with E-state index in [9.17, 15) is 9.90 Å². The number of nitrogens with zero attached hydrogens (tertiary/aromatic N) is 2. The van der Waals surface area contributed by atoms with Gasteiger partial charge in [-0.25, -0.2) is 0 Å². The summed E-state index contributed by atoms with van der Waals surface area (Å²) in [6, 6.07) is 3.84. The largest absolute Gasteiger partial charge is 0.393 e. The summed E-state index contributed by atoms with van der Waals surface area (Å²) >= 11 is 0. The third-order valence-electron chi connectivity index (χ3n) is 5.52. The van der Waals surface area contributed by atoms with Crippen LogP contribution >= 0.6 is 0 Å². The minimum absolute atomic E-state index is 0.0411. The highest BCUT2D eigenvalue weighted by Crippen LogP contribution is 2.26. The van der Waals surface area contributed by atoms with Crippen LogP contribution < -0.4 is 0 Å². The highest BCUT2D eigenvalue weighted by molar-refractivity contribution is 5.77. The van der Waals surface area contributed by atoms with Gasteiger partial charge in [0.25, 0.3) is 0 Å². The Bertz CT molecular complexity index is 586. The first kappa shape index (κ1) is 22.6. The van der Waals surface area contributed by atoms with E-state index in [1.807, 2.05) is 23.2 Å². The van der Waals surface area contributed by atoms with Crippen LogP contribution in [0.15, 0.2) is 36.7 Å². The lowest BCUT2D eigenvalue weighted by atomic mass is 10.00. The van der Waals surface area contributed by atoms with Crippen molar-refractivity contribution in [2.75, 3.05) is 6.54 Å². The predicted octanol–water partition coefficient (Wildman–Crippen LogP) is 5.44. The number of aromatic nitrogens is 1. The second-order valence-corrected chi connectivity index (χ2v) is 8.49. The first-order valence-corrected chi connectivity index (χ1v) is 11.1. The molecule has 1 N–H and O–H groups in total. The third kappa shape index (κ3) is 8.14. The number of carbonyl (C=O) groups excluding carboxylic acids is 1. The van der Waals surface area contributed by atoms with E-state index in [1.54, 1.807) is 6.20 Å². The van der Waals surface area contributed by atoms with Gasteiger partial charge in [0.1, 0.15) is 0 Å². The third-order valence-corrected chi connectivity index (χ3v) is 5.52. The molecular formula is C24H38N2O2. The molecule has 2 atom stereocenters. The van der Waals surface area contributed by atoms with Crippen molar-refractivity contribution in [2.45, 2.75) is 90.2 Å². The normalized spacial score (nSPS) is 17.9. The molecular weight excluding hydrogens is 348 g/mol. The lowest BCUT2D eigenvalue weighted by Crippen LogP contribution is -2.38. The number of hydrogen-bond acceptors (Lipinski definition) is 3. The molecule has 1 aromatic rings. The molecule has 4 nitrogen and oxygen atoms in total. The Kier molecular flexibility index (Phi) is 10.3. The molecule has 0 saturated carbocycles. The van der Waals surface area contributed by atoms with Gasteiger partial charge in [-0.1, -0.05) is 77.0 Å². The zero-order chi connectivity index (χ0) is 20.2. The summed E-state index contributed by atoms with van der Waals surface area (Å²) in [5.74, 6) is 0.847. The number of rotatable bonds is 12. The summed E-state index contributed by atoms with van der Waals surface area (Å²) in [6.07, 6.45) is 17.7. The lowest BCUT2D eigenvalue weighted by molar-refractivity contribution is -0.135. The van der Waals surface area contributed by atoms with Gasteiger partial charge < -0.3 is 10.0 Å². The van der Waals surface area contributed by atoms with Crippen LogP contribution in [0.4, 0.5) is 0 Å². The highest BCUT2D eigenvalue weighted by atomic mass is 16.3. The van der Waals surface area contributed by atoms with E-state index in [-0.39, 0.29) is 18.4 Å². The summed E-state index contributed by atoms with van der Waals surface area (Å²) in [4.78, 5) is 18.8. The van der Waals surface area contributed by atoms with Crippen LogP contribution in [0.3, 0.4) is 0 Å². The Morgan fingerprint density at radius 2 is 1.89 bits per heavy atom. The maximum Gasteiger partial charge on any atom is 0.225 e. The molecule has 0 unspecified atom stereocenters. The van der Waals surface area contributed by atoms with Crippen LogP contribution in [0.25, 0.3) is 0 Å². The molecule has 0 spiro atoms. The van der Waals surface area contributed by atoms with Crippen LogP contribution in [0.5, 0.6) is 0 Å². The molecule has 0 bridgehead atoms. The average Bonchev–Trinajstić information content (AvgIpc) is 2.70.